The molecule has 0 aromatic heterocycles. The lowest BCUT2D eigenvalue weighted by atomic mass is 9.74. The van der Waals surface area contributed by atoms with Gasteiger partial charge in [-0.2, -0.15) is 0 Å². The summed E-state index contributed by atoms with van der Waals surface area (Å²) in [7, 11) is 2.25. The van der Waals surface area contributed by atoms with E-state index in [0.29, 0.717) is 11.0 Å². The van der Waals surface area contributed by atoms with E-state index in [1.807, 2.05) is 0 Å². The second-order valence-corrected chi connectivity index (χ2v) is 7.66. The minimum absolute atomic E-state index is 0.484. The highest BCUT2D eigenvalue weighted by molar-refractivity contribution is 4.91. The molecule has 0 aromatic rings. The molecule has 0 N–H and O–H groups in total. The van der Waals surface area contributed by atoms with Crippen molar-refractivity contribution in [1.29, 1.82) is 0 Å². The fraction of sp³-hybridized carbons (Fsp3) is 1.00. The summed E-state index contributed by atoms with van der Waals surface area (Å²) in [6, 6.07) is 0. The molecule has 106 valence electrons. The molecule has 2 heteroatoms. The van der Waals surface area contributed by atoms with Crippen LogP contribution in [0.3, 0.4) is 0 Å². The maximum absolute atomic E-state index is 2.78. The number of hydrogen-bond acceptors (Lipinski definition) is 2. The van der Waals surface area contributed by atoms with Gasteiger partial charge in [0.1, 0.15) is 0 Å². The van der Waals surface area contributed by atoms with Crippen molar-refractivity contribution in [3.8, 4) is 0 Å². The topological polar surface area (TPSA) is 6.48 Å². The highest BCUT2D eigenvalue weighted by atomic mass is 15.3. The van der Waals surface area contributed by atoms with Gasteiger partial charge in [0.15, 0.2) is 0 Å². The lowest BCUT2D eigenvalue weighted by Crippen LogP contribution is -2.55. The lowest BCUT2D eigenvalue weighted by molar-refractivity contribution is 0.0259. The first-order chi connectivity index (χ1) is 8.41. The molecule has 1 saturated heterocycles. The minimum Gasteiger partial charge on any atom is -0.304 e. The Labute approximate surface area is 114 Å². The zero-order valence-corrected chi connectivity index (χ0v) is 13.0. The Bertz CT molecular complexity index is 252. The van der Waals surface area contributed by atoms with Gasteiger partial charge in [-0.3, -0.25) is 4.90 Å². The van der Waals surface area contributed by atoms with Crippen LogP contribution in [0.25, 0.3) is 0 Å². The molecule has 1 aliphatic carbocycles. The molecule has 2 rings (SSSR count). The number of rotatable bonds is 1. The van der Waals surface area contributed by atoms with E-state index in [0.717, 1.165) is 0 Å². The van der Waals surface area contributed by atoms with Crippen LogP contribution in [0, 0.1) is 5.41 Å². The summed E-state index contributed by atoms with van der Waals surface area (Å²) in [6.07, 6.45) is 8.46. The van der Waals surface area contributed by atoms with Crippen molar-refractivity contribution in [2.45, 2.75) is 64.8 Å². The summed E-state index contributed by atoms with van der Waals surface area (Å²) in [5, 5.41) is 0. The minimum atomic E-state index is 0.484. The predicted molar refractivity (Wildman–Crippen MR) is 79.0 cm³/mol. The van der Waals surface area contributed by atoms with Gasteiger partial charge in [0.25, 0.3) is 0 Å². The first kappa shape index (κ1) is 14.3. The van der Waals surface area contributed by atoms with Crippen LogP contribution >= 0.6 is 0 Å². The van der Waals surface area contributed by atoms with Crippen LogP contribution in [-0.2, 0) is 0 Å². The van der Waals surface area contributed by atoms with Crippen molar-refractivity contribution in [1.82, 2.24) is 9.80 Å². The predicted octanol–water partition coefficient (Wildman–Crippen LogP) is 3.37. The quantitative estimate of drug-likeness (QED) is 0.706. The Hall–Kier alpha value is -0.0800. The average Bonchev–Trinajstić information content (AvgIpc) is 2.27. The lowest BCUT2D eigenvalue weighted by Gasteiger charge is -2.47. The normalized spacial score (nSPS) is 30.7. The summed E-state index contributed by atoms with van der Waals surface area (Å²) in [5.74, 6) is 0. The van der Waals surface area contributed by atoms with E-state index >= 15 is 0 Å². The molecule has 18 heavy (non-hydrogen) atoms. The average molecular weight is 252 g/mol. The third-order valence-corrected chi connectivity index (χ3v) is 5.40. The summed E-state index contributed by atoms with van der Waals surface area (Å²) >= 11 is 0. The summed E-state index contributed by atoms with van der Waals surface area (Å²) < 4.78 is 0. The van der Waals surface area contributed by atoms with Crippen molar-refractivity contribution in [2.24, 2.45) is 5.41 Å². The van der Waals surface area contributed by atoms with Gasteiger partial charge in [-0.15, -0.1) is 0 Å². The van der Waals surface area contributed by atoms with Gasteiger partial charge in [-0.05, 0) is 45.1 Å². The Morgan fingerprint density at radius 1 is 0.722 bits per heavy atom. The molecular formula is C16H32N2. The van der Waals surface area contributed by atoms with E-state index in [9.17, 15) is 0 Å². The SMILES string of the molecule is CN1CCN(C2(C)CCCC(C)(C)CCC2)CC1. The van der Waals surface area contributed by atoms with Crippen LogP contribution in [-0.4, -0.2) is 48.6 Å². The Balaban J connectivity index is 1.94. The Morgan fingerprint density at radius 3 is 1.72 bits per heavy atom. The molecule has 1 saturated carbocycles. The van der Waals surface area contributed by atoms with Gasteiger partial charge < -0.3 is 4.90 Å². The summed E-state index contributed by atoms with van der Waals surface area (Å²) in [4.78, 5) is 5.25. The van der Waals surface area contributed by atoms with E-state index in [-0.39, 0.29) is 0 Å². The van der Waals surface area contributed by atoms with Gasteiger partial charge in [-0.25, -0.2) is 0 Å². The van der Waals surface area contributed by atoms with Crippen molar-refractivity contribution in [3.63, 3.8) is 0 Å². The summed E-state index contributed by atoms with van der Waals surface area (Å²) in [6.45, 7) is 12.5. The highest BCUT2D eigenvalue weighted by Crippen LogP contribution is 2.38. The van der Waals surface area contributed by atoms with E-state index < -0.39 is 0 Å². The van der Waals surface area contributed by atoms with Crippen LogP contribution in [0.15, 0.2) is 0 Å². The first-order valence-electron chi connectivity index (χ1n) is 7.85. The van der Waals surface area contributed by atoms with Gasteiger partial charge in [0.05, 0.1) is 0 Å². The van der Waals surface area contributed by atoms with Crippen LogP contribution in [0.5, 0.6) is 0 Å². The van der Waals surface area contributed by atoms with Crippen LogP contribution in [0.1, 0.15) is 59.3 Å². The molecule has 0 radical (unpaired) electrons. The molecule has 0 amide bonds. The van der Waals surface area contributed by atoms with Crippen LogP contribution in [0.2, 0.25) is 0 Å². The third-order valence-electron chi connectivity index (χ3n) is 5.40. The smallest absolute Gasteiger partial charge is 0.0182 e. The number of piperazine rings is 1. The van der Waals surface area contributed by atoms with E-state index in [1.54, 1.807) is 0 Å². The molecule has 0 unspecified atom stereocenters. The van der Waals surface area contributed by atoms with Gasteiger partial charge >= 0.3 is 0 Å². The van der Waals surface area contributed by atoms with E-state index in [1.165, 1.54) is 64.7 Å². The molecule has 2 aliphatic rings. The molecule has 0 atom stereocenters. The van der Waals surface area contributed by atoms with Gasteiger partial charge in [0.2, 0.25) is 0 Å². The van der Waals surface area contributed by atoms with Crippen LogP contribution in [0.4, 0.5) is 0 Å². The second kappa shape index (κ2) is 5.50. The third kappa shape index (κ3) is 3.48. The fourth-order valence-electron chi connectivity index (χ4n) is 3.81. The number of hydrogen-bond donors (Lipinski definition) is 0. The van der Waals surface area contributed by atoms with Crippen molar-refractivity contribution < 1.29 is 0 Å². The molecule has 2 fully saturated rings. The molecule has 2 nitrogen and oxygen atoms in total. The van der Waals surface area contributed by atoms with Gasteiger partial charge in [-0.1, -0.05) is 26.7 Å². The van der Waals surface area contributed by atoms with Crippen molar-refractivity contribution in [3.05, 3.63) is 0 Å². The number of likely N-dealkylation sites (N-methyl/N-ethyl adjacent to an activating group) is 1. The second-order valence-electron chi connectivity index (χ2n) is 7.66. The van der Waals surface area contributed by atoms with Crippen molar-refractivity contribution >= 4 is 0 Å². The highest BCUT2D eigenvalue weighted by Gasteiger charge is 2.35. The first-order valence-corrected chi connectivity index (χ1v) is 7.85. The van der Waals surface area contributed by atoms with Gasteiger partial charge in [0, 0.05) is 31.7 Å². The monoisotopic (exact) mass is 252 g/mol. The van der Waals surface area contributed by atoms with Crippen molar-refractivity contribution in [2.75, 3.05) is 33.2 Å². The maximum atomic E-state index is 2.78. The Morgan fingerprint density at radius 2 is 1.22 bits per heavy atom. The van der Waals surface area contributed by atoms with Crippen LogP contribution < -0.4 is 0 Å². The summed E-state index contributed by atoms with van der Waals surface area (Å²) in [5.41, 5.74) is 1.07. The Kier molecular flexibility index (Phi) is 4.38. The molecule has 0 bridgehead atoms. The number of nitrogens with zero attached hydrogens (tertiary/aromatic N) is 2. The standard InChI is InChI=1S/C16H32N2/c1-15(2)7-5-9-16(3,10-6-8-15)18-13-11-17(4)12-14-18/h5-14H2,1-4H3. The molecule has 0 aromatic carbocycles. The van der Waals surface area contributed by atoms with E-state index in [4.69, 9.17) is 0 Å². The van der Waals surface area contributed by atoms with E-state index in [2.05, 4.69) is 37.6 Å². The zero-order chi connectivity index (χ0) is 13.2. The molecule has 0 spiro atoms. The molecule has 1 aliphatic heterocycles. The zero-order valence-electron chi connectivity index (χ0n) is 13.0. The fourth-order valence-corrected chi connectivity index (χ4v) is 3.81. The largest absolute Gasteiger partial charge is 0.304 e. The molecule has 1 heterocycles. The molecular weight excluding hydrogens is 220 g/mol. The maximum Gasteiger partial charge on any atom is 0.0182 e.